The third kappa shape index (κ3) is 6.03. The van der Waals surface area contributed by atoms with Crippen LogP contribution in [0.5, 0.6) is 0 Å². The van der Waals surface area contributed by atoms with E-state index >= 15 is 0 Å². The highest BCUT2D eigenvalue weighted by Gasteiger charge is 2.22. The number of ether oxygens (including phenoxy) is 1. The smallest absolute Gasteiger partial charge is 0.308 e. The van der Waals surface area contributed by atoms with Crippen LogP contribution in [0, 0.1) is 5.82 Å². The van der Waals surface area contributed by atoms with Crippen molar-refractivity contribution in [3.63, 3.8) is 0 Å². The Morgan fingerprint density at radius 1 is 1.29 bits per heavy atom. The van der Waals surface area contributed by atoms with Crippen LogP contribution in [0.15, 0.2) is 24.3 Å². The van der Waals surface area contributed by atoms with Gasteiger partial charge in [0.25, 0.3) is 0 Å². The Labute approximate surface area is 121 Å². The van der Waals surface area contributed by atoms with Crippen molar-refractivity contribution in [3.05, 3.63) is 35.6 Å². The molecular weight excluding hydrogens is 279 g/mol. The first kappa shape index (κ1) is 16.6. The summed E-state index contributed by atoms with van der Waals surface area (Å²) in [6, 6.07) is 4.25. The summed E-state index contributed by atoms with van der Waals surface area (Å²) in [5, 5.41) is 2.36. The molecular formula is C14H17FN2O4. The molecule has 0 fully saturated rings. The van der Waals surface area contributed by atoms with Gasteiger partial charge in [-0.25, -0.2) is 4.39 Å². The maximum Gasteiger partial charge on any atom is 0.308 e. The van der Waals surface area contributed by atoms with E-state index in [9.17, 15) is 18.8 Å². The molecule has 0 spiro atoms. The minimum Gasteiger partial charge on any atom is -0.466 e. The Morgan fingerprint density at radius 3 is 2.43 bits per heavy atom. The number of nitrogens with one attached hydrogen (secondary N) is 1. The van der Waals surface area contributed by atoms with Gasteiger partial charge < -0.3 is 15.8 Å². The molecule has 0 heterocycles. The maximum absolute atomic E-state index is 12.7. The molecule has 2 amide bonds. The van der Waals surface area contributed by atoms with Crippen LogP contribution in [0.2, 0.25) is 0 Å². The molecule has 0 aliphatic rings. The van der Waals surface area contributed by atoms with E-state index < -0.39 is 29.6 Å². The topological polar surface area (TPSA) is 98.5 Å². The third-order valence-electron chi connectivity index (χ3n) is 2.63. The molecule has 1 atom stereocenters. The third-order valence-corrected chi connectivity index (χ3v) is 2.63. The average Bonchev–Trinajstić information content (AvgIpc) is 2.41. The molecule has 0 aliphatic carbocycles. The number of primary amides is 1. The average molecular weight is 296 g/mol. The molecule has 21 heavy (non-hydrogen) atoms. The fraction of sp³-hybridized carbons (Fsp3) is 0.357. The zero-order valence-corrected chi connectivity index (χ0v) is 11.6. The van der Waals surface area contributed by atoms with E-state index in [0.717, 1.165) is 0 Å². The number of benzene rings is 1. The highest BCUT2D eigenvalue weighted by Crippen LogP contribution is 2.04. The van der Waals surface area contributed by atoms with Crippen LogP contribution in [0.1, 0.15) is 18.9 Å². The second-order valence-corrected chi connectivity index (χ2v) is 4.33. The number of halogens is 1. The van der Waals surface area contributed by atoms with E-state index in [4.69, 9.17) is 10.5 Å². The van der Waals surface area contributed by atoms with Gasteiger partial charge in [0.2, 0.25) is 11.8 Å². The number of esters is 1. The lowest BCUT2D eigenvalue weighted by Crippen LogP contribution is -2.46. The Hall–Kier alpha value is -2.44. The molecule has 0 bridgehead atoms. The van der Waals surface area contributed by atoms with Gasteiger partial charge in [0, 0.05) is 0 Å². The Kier molecular flexibility index (Phi) is 6.32. The first-order valence-corrected chi connectivity index (χ1v) is 6.41. The standard InChI is InChI=1S/C14H17FN2O4/c1-2-21-13(19)8-11(14(16)20)17-12(18)7-9-3-5-10(15)6-4-9/h3-6,11H,2,7-8H2,1H3,(H2,16,20)(H,17,18)/t11-/m0/s1. The molecule has 0 aliphatic heterocycles. The quantitative estimate of drug-likeness (QED) is 0.707. The summed E-state index contributed by atoms with van der Waals surface area (Å²) in [5.41, 5.74) is 5.71. The lowest BCUT2D eigenvalue weighted by Gasteiger charge is -2.14. The molecule has 1 aromatic carbocycles. The second kappa shape index (κ2) is 7.98. The number of carbonyl (C=O) groups excluding carboxylic acids is 3. The number of rotatable bonds is 7. The summed E-state index contributed by atoms with van der Waals surface area (Å²) in [4.78, 5) is 34.3. The van der Waals surface area contributed by atoms with Gasteiger partial charge in [0.15, 0.2) is 0 Å². The van der Waals surface area contributed by atoms with Gasteiger partial charge in [-0.3, -0.25) is 14.4 Å². The number of hydrogen-bond donors (Lipinski definition) is 2. The number of hydrogen-bond acceptors (Lipinski definition) is 4. The van der Waals surface area contributed by atoms with E-state index in [2.05, 4.69) is 5.32 Å². The van der Waals surface area contributed by atoms with Crippen molar-refractivity contribution in [2.75, 3.05) is 6.61 Å². The van der Waals surface area contributed by atoms with E-state index in [-0.39, 0.29) is 19.4 Å². The van der Waals surface area contributed by atoms with Crippen LogP contribution in [-0.2, 0) is 25.5 Å². The fourth-order valence-electron chi connectivity index (χ4n) is 1.64. The van der Waals surface area contributed by atoms with Gasteiger partial charge in [0.05, 0.1) is 19.4 Å². The highest BCUT2D eigenvalue weighted by molar-refractivity contribution is 5.90. The monoisotopic (exact) mass is 296 g/mol. The predicted molar refractivity (Wildman–Crippen MR) is 72.5 cm³/mol. The maximum atomic E-state index is 12.7. The zero-order valence-electron chi connectivity index (χ0n) is 11.6. The first-order valence-electron chi connectivity index (χ1n) is 6.41. The van der Waals surface area contributed by atoms with Crippen molar-refractivity contribution in [3.8, 4) is 0 Å². The summed E-state index contributed by atoms with van der Waals surface area (Å²) in [6.45, 7) is 1.80. The molecule has 3 N–H and O–H groups in total. The molecule has 0 saturated carbocycles. The van der Waals surface area contributed by atoms with Gasteiger partial charge in [-0.05, 0) is 24.6 Å². The summed E-state index contributed by atoms with van der Waals surface area (Å²) < 4.78 is 17.4. The molecule has 1 aromatic rings. The Bertz CT molecular complexity index is 516. The van der Waals surface area contributed by atoms with Crippen molar-refractivity contribution >= 4 is 17.8 Å². The largest absolute Gasteiger partial charge is 0.466 e. The summed E-state index contributed by atoms with van der Waals surface area (Å²) >= 11 is 0. The van der Waals surface area contributed by atoms with Gasteiger partial charge in [-0.15, -0.1) is 0 Å². The van der Waals surface area contributed by atoms with Crippen molar-refractivity contribution in [2.45, 2.75) is 25.8 Å². The fourth-order valence-corrected chi connectivity index (χ4v) is 1.64. The molecule has 6 nitrogen and oxygen atoms in total. The van der Waals surface area contributed by atoms with E-state index in [1.165, 1.54) is 24.3 Å². The lowest BCUT2D eigenvalue weighted by molar-refractivity contribution is -0.145. The van der Waals surface area contributed by atoms with Gasteiger partial charge in [-0.1, -0.05) is 12.1 Å². The van der Waals surface area contributed by atoms with E-state index in [1.54, 1.807) is 6.92 Å². The van der Waals surface area contributed by atoms with Crippen LogP contribution in [0.3, 0.4) is 0 Å². The molecule has 0 saturated heterocycles. The predicted octanol–water partition coefficient (Wildman–Crippen LogP) is 0.291. The second-order valence-electron chi connectivity index (χ2n) is 4.33. The minimum absolute atomic E-state index is 0.0487. The van der Waals surface area contributed by atoms with Gasteiger partial charge >= 0.3 is 5.97 Å². The molecule has 0 aromatic heterocycles. The van der Waals surface area contributed by atoms with Gasteiger partial charge in [-0.2, -0.15) is 0 Å². The first-order chi connectivity index (χ1) is 9.92. The summed E-state index contributed by atoms with van der Waals surface area (Å²) in [5.74, 6) is -2.34. The normalized spacial score (nSPS) is 11.5. The van der Waals surface area contributed by atoms with E-state index in [0.29, 0.717) is 5.56 Å². The van der Waals surface area contributed by atoms with Crippen molar-refractivity contribution < 1.29 is 23.5 Å². The Morgan fingerprint density at radius 2 is 1.90 bits per heavy atom. The minimum atomic E-state index is -1.13. The highest BCUT2D eigenvalue weighted by atomic mass is 19.1. The molecule has 114 valence electrons. The van der Waals surface area contributed by atoms with E-state index in [1.807, 2.05) is 0 Å². The van der Waals surface area contributed by atoms with Crippen LogP contribution >= 0.6 is 0 Å². The lowest BCUT2D eigenvalue weighted by atomic mass is 10.1. The number of nitrogens with two attached hydrogens (primary N) is 1. The molecule has 1 rings (SSSR count). The van der Waals surface area contributed by atoms with Crippen LogP contribution in [0.4, 0.5) is 4.39 Å². The van der Waals surface area contributed by atoms with Gasteiger partial charge in [0.1, 0.15) is 11.9 Å². The van der Waals surface area contributed by atoms with Crippen LogP contribution in [-0.4, -0.2) is 30.4 Å². The summed E-state index contributed by atoms with van der Waals surface area (Å²) in [7, 11) is 0. The van der Waals surface area contributed by atoms with Crippen molar-refractivity contribution in [2.24, 2.45) is 5.73 Å². The van der Waals surface area contributed by atoms with Crippen molar-refractivity contribution in [1.29, 1.82) is 0 Å². The molecule has 0 radical (unpaired) electrons. The summed E-state index contributed by atoms with van der Waals surface area (Å²) in [6.07, 6.45) is -0.370. The van der Waals surface area contributed by atoms with Crippen LogP contribution in [0.25, 0.3) is 0 Å². The molecule has 7 heteroatoms. The SMILES string of the molecule is CCOC(=O)C[C@H](NC(=O)Cc1ccc(F)cc1)C(N)=O. The van der Waals surface area contributed by atoms with Crippen molar-refractivity contribution in [1.82, 2.24) is 5.32 Å². The molecule has 0 unspecified atom stereocenters. The number of carbonyl (C=O) groups is 3. The van der Waals surface area contributed by atoms with Crippen LogP contribution < -0.4 is 11.1 Å². The number of amides is 2. The Balaban J connectivity index is 2.58. The zero-order chi connectivity index (χ0) is 15.8.